The average molecular weight is 276 g/mol. The molecule has 2 aromatic carbocycles. The molecule has 1 unspecified atom stereocenters. The molecule has 2 aromatic rings. The van der Waals surface area contributed by atoms with E-state index in [9.17, 15) is 4.79 Å². The van der Waals surface area contributed by atoms with Crippen LogP contribution in [-0.4, -0.2) is 18.2 Å². The predicted molar refractivity (Wildman–Crippen MR) is 84.5 cm³/mol. The highest BCUT2D eigenvalue weighted by molar-refractivity contribution is 6.22. The monoisotopic (exact) mass is 276 g/mol. The molecule has 3 nitrogen and oxygen atoms in total. The number of nitrogens with zero attached hydrogens (tertiary/aromatic N) is 2. The Morgan fingerprint density at radius 3 is 2.76 bits per heavy atom. The molecule has 0 amide bonds. The lowest BCUT2D eigenvalue weighted by atomic mass is 9.91. The van der Waals surface area contributed by atoms with Crippen molar-refractivity contribution in [2.75, 3.05) is 11.4 Å². The van der Waals surface area contributed by atoms with E-state index >= 15 is 0 Å². The second kappa shape index (κ2) is 4.55. The van der Waals surface area contributed by atoms with Crippen LogP contribution in [0.15, 0.2) is 53.5 Å². The number of hydrogen-bond donors (Lipinski definition) is 0. The number of ketones is 1. The van der Waals surface area contributed by atoms with E-state index in [0.717, 1.165) is 41.3 Å². The first-order chi connectivity index (χ1) is 10.2. The second-order valence-corrected chi connectivity index (χ2v) is 5.68. The topological polar surface area (TPSA) is 32.7 Å². The van der Waals surface area contributed by atoms with Crippen molar-refractivity contribution in [2.24, 2.45) is 10.9 Å². The zero-order valence-corrected chi connectivity index (χ0v) is 11.9. The van der Waals surface area contributed by atoms with E-state index in [-0.39, 0.29) is 11.7 Å². The van der Waals surface area contributed by atoms with Gasteiger partial charge in [-0.05, 0) is 43.2 Å². The van der Waals surface area contributed by atoms with Crippen molar-refractivity contribution in [1.29, 1.82) is 0 Å². The Bertz CT molecular complexity index is 749. The van der Waals surface area contributed by atoms with Crippen LogP contribution in [0.2, 0.25) is 0 Å². The van der Waals surface area contributed by atoms with Gasteiger partial charge >= 0.3 is 0 Å². The largest absolute Gasteiger partial charge is 0.329 e. The van der Waals surface area contributed by atoms with Crippen LogP contribution in [0.25, 0.3) is 0 Å². The highest BCUT2D eigenvalue weighted by Crippen LogP contribution is 2.36. The third-order valence-corrected chi connectivity index (χ3v) is 4.27. The molecule has 0 saturated carbocycles. The summed E-state index contributed by atoms with van der Waals surface area (Å²) in [6, 6.07) is 16.1. The first-order valence-electron chi connectivity index (χ1n) is 7.30. The first-order valence-corrected chi connectivity index (χ1v) is 7.30. The Labute approximate surface area is 123 Å². The minimum Gasteiger partial charge on any atom is -0.329 e. The summed E-state index contributed by atoms with van der Waals surface area (Å²) in [4.78, 5) is 19.7. The molecular formula is C18H16N2O. The summed E-state index contributed by atoms with van der Waals surface area (Å²) in [5.74, 6) is 1.04. The van der Waals surface area contributed by atoms with Crippen LogP contribution in [0.5, 0.6) is 0 Å². The molecule has 3 heteroatoms. The maximum absolute atomic E-state index is 12.7. The maximum Gasteiger partial charge on any atom is 0.175 e. The van der Waals surface area contributed by atoms with Crippen molar-refractivity contribution in [1.82, 2.24) is 0 Å². The number of anilines is 1. The van der Waals surface area contributed by atoms with E-state index in [1.807, 2.05) is 43.3 Å². The van der Waals surface area contributed by atoms with Crippen molar-refractivity contribution >= 4 is 23.0 Å². The molecule has 4 rings (SSSR count). The molecule has 1 fully saturated rings. The van der Waals surface area contributed by atoms with Gasteiger partial charge < -0.3 is 4.90 Å². The van der Waals surface area contributed by atoms with Crippen molar-refractivity contribution in [3.8, 4) is 0 Å². The summed E-state index contributed by atoms with van der Waals surface area (Å²) in [5.41, 5.74) is 3.83. The van der Waals surface area contributed by atoms with Gasteiger partial charge in [0.15, 0.2) is 5.78 Å². The molecule has 0 aliphatic carbocycles. The van der Waals surface area contributed by atoms with E-state index < -0.39 is 0 Å². The van der Waals surface area contributed by atoms with Crippen molar-refractivity contribution in [2.45, 2.75) is 13.3 Å². The molecule has 0 spiro atoms. The number of Topliss-reactive ketones (excluding diaryl/α,β-unsaturated/α-hetero) is 1. The van der Waals surface area contributed by atoms with Gasteiger partial charge in [0.1, 0.15) is 5.84 Å². The van der Waals surface area contributed by atoms with Crippen LogP contribution in [0.3, 0.4) is 0 Å². The molecule has 2 aliphatic heterocycles. The normalized spacial score (nSPS) is 20.0. The summed E-state index contributed by atoms with van der Waals surface area (Å²) in [5, 5.41) is 0. The highest BCUT2D eigenvalue weighted by atomic mass is 16.1. The molecule has 2 aliphatic rings. The maximum atomic E-state index is 12.7. The van der Waals surface area contributed by atoms with Crippen molar-refractivity contribution in [3.63, 3.8) is 0 Å². The minimum atomic E-state index is -0.0830. The van der Waals surface area contributed by atoms with Crippen LogP contribution in [-0.2, 0) is 0 Å². The van der Waals surface area contributed by atoms with E-state index in [1.54, 1.807) is 0 Å². The first kappa shape index (κ1) is 12.3. The third-order valence-electron chi connectivity index (χ3n) is 4.27. The van der Waals surface area contributed by atoms with Gasteiger partial charge in [-0.15, -0.1) is 0 Å². The summed E-state index contributed by atoms with van der Waals surface area (Å²) in [6.45, 7) is 2.88. The molecule has 1 saturated heterocycles. The van der Waals surface area contributed by atoms with E-state index in [2.05, 4.69) is 17.0 Å². The zero-order valence-electron chi connectivity index (χ0n) is 11.9. The van der Waals surface area contributed by atoms with Gasteiger partial charge in [-0.1, -0.05) is 24.3 Å². The SMILES string of the molecule is Cc1ccc2c(c1)N=C1C(CCN1c1ccccc1)C2=O. The lowest BCUT2D eigenvalue weighted by Gasteiger charge is -2.24. The number of fused-ring (bicyclic) bond motifs is 2. The average Bonchev–Trinajstić information content (AvgIpc) is 2.92. The van der Waals surface area contributed by atoms with Gasteiger partial charge in [-0.25, -0.2) is 4.99 Å². The standard InChI is InChI=1S/C18H16N2O/c1-12-7-8-14-16(11-12)19-18-15(17(14)21)9-10-20(18)13-5-3-2-4-6-13/h2-8,11,15H,9-10H2,1H3. The van der Waals surface area contributed by atoms with Gasteiger partial charge in [-0.3, -0.25) is 4.79 Å². The van der Waals surface area contributed by atoms with Crippen molar-refractivity contribution < 1.29 is 4.79 Å². The number of amidine groups is 1. The number of para-hydroxylation sites is 1. The van der Waals surface area contributed by atoms with Crippen LogP contribution < -0.4 is 4.90 Å². The smallest absolute Gasteiger partial charge is 0.175 e. The number of aliphatic imine (C=N–C) groups is 1. The van der Waals surface area contributed by atoms with Crippen molar-refractivity contribution in [3.05, 3.63) is 59.7 Å². The quantitative estimate of drug-likeness (QED) is 0.794. The Balaban J connectivity index is 1.83. The van der Waals surface area contributed by atoms with E-state index in [0.29, 0.717) is 0 Å². The molecular weight excluding hydrogens is 260 g/mol. The lowest BCUT2D eigenvalue weighted by molar-refractivity contribution is 0.0954. The summed E-state index contributed by atoms with van der Waals surface area (Å²) < 4.78 is 0. The number of aryl methyl sites for hydroxylation is 1. The number of rotatable bonds is 1. The molecule has 0 N–H and O–H groups in total. The van der Waals surface area contributed by atoms with Crippen LogP contribution >= 0.6 is 0 Å². The Morgan fingerprint density at radius 2 is 1.95 bits per heavy atom. The lowest BCUT2D eigenvalue weighted by Crippen LogP contribution is -2.32. The fraction of sp³-hybridized carbons (Fsp3) is 0.222. The molecule has 21 heavy (non-hydrogen) atoms. The molecule has 1 atom stereocenters. The zero-order chi connectivity index (χ0) is 14.4. The predicted octanol–water partition coefficient (Wildman–Crippen LogP) is 3.75. The Kier molecular flexibility index (Phi) is 2.67. The number of carbonyl (C=O) groups excluding carboxylic acids is 1. The van der Waals surface area contributed by atoms with Gasteiger partial charge in [0, 0.05) is 17.8 Å². The second-order valence-electron chi connectivity index (χ2n) is 5.68. The molecule has 0 aromatic heterocycles. The molecule has 104 valence electrons. The minimum absolute atomic E-state index is 0.0830. The molecule has 2 heterocycles. The molecule has 0 radical (unpaired) electrons. The van der Waals surface area contributed by atoms with Gasteiger partial charge in [0.05, 0.1) is 11.6 Å². The fourth-order valence-corrected chi connectivity index (χ4v) is 3.20. The summed E-state index contributed by atoms with van der Waals surface area (Å²) >= 11 is 0. The Hall–Kier alpha value is -2.42. The number of hydrogen-bond acceptors (Lipinski definition) is 3. The van der Waals surface area contributed by atoms with E-state index in [1.165, 1.54) is 0 Å². The highest BCUT2D eigenvalue weighted by Gasteiger charge is 2.39. The van der Waals surface area contributed by atoms with Gasteiger partial charge in [-0.2, -0.15) is 0 Å². The van der Waals surface area contributed by atoms with Gasteiger partial charge in [0.2, 0.25) is 0 Å². The Morgan fingerprint density at radius 1 is 1.14 bits per heavy atom. The van der Waals surface area contributed by atoms with Crippen LogP contribution in [0, 0.1) is 12.8 Å². The van der Waals surface area contributed by atoms with Crippen LogP contribution in [0.1, 0.15) is 22.3 Å². The van der Waals surface area contributed by atoms with Crippen LogP contribution in [0.4, 0.5) is 11.4 Å². The number of carbonyl (C=O) groups is 1. The van der Waals surface area contributed by atoms with Gasteiger partial charge in [0.25, 0.3) is 0 Å². The number of benzene rings is 2. The summed E-state index contributed by atoms with van der Waals surface area (Å²) in [7, 11) is 0. The fourth-order valence-electron chi connectivity index (χ4n) is 3.20. The third kappa shape index (κ3) is 1.88. The molecule has 0 bridgehead atoms. The van der Waals surface area contributed by atoms with E-state index in [4.69, 9.17) is 4.99 Å². The summed E-state index contributed by atoms with van der Waals surface area (Å²) in [6.07, 6.45) is 0.847.